The Labute approximate surface area is 107 Å². The lowest BCUT2D eigenvalue weighted by Gasteiger charge is -2.26. The molecule has 0 aromatic heterocycles. The molecule has 0 amide bonds. The van der Waals surface area contributed by atoms with Crippen molar-refractivity contribution in [1.29, 1.82) is 0 Å². The third-order valence-electron chi connectivity index (χ3n) is 3.77. The van der Waals surface area contributed by atoms with Gasteiger partial charge in [-0.3, -0.25) is 0 Å². The highest BCUT2D eigenvalue weighted by atomic mass is 16.5. The van der Waals surface area contributed by atoms with Gasteiger partial charge in [0.05, 0.1) is 6.61 Å². The molecule has 1 fully saturated rings. The lowest BCUT2D eigenvalue weighted by Crippen LogP contribution is -2.42. The minimum Gasteiger partial charge on any atom is -0.380 e. The summed E-state index contributed by atoms with van der Waals surface area (Å²) >= 11 is 0. The van der Waals surface area contributed by atoms with Crippen LogP contribution in [0.3, 0.4) is 0 Å². The summed E-state index contributed by atoms with van der Waals surface area (Å²) in [6.45, 7) is 10.7. The summed E-state index contributed by atoms with van der Waals surface area (Å²) in [5.41, 5.74) is 0. The van der Waals surface area contributed by atoms with E-state index in [1.807, 2.05) is 0 Å². The van der Waals surface area contributed by atoms with Gasteiger partial charge in [0.2, 0.25) is 0 Å². The summed E-state index contributed by atoms with van der Waals surface area (Å²) in [6, 6.07) is 1.20. The van der Waals surface area contributed by atoms with Crippen molar-refractivity contribution in [2.24, 2.45) is 5.92 Å². The van der Waals surface area contributed by atoms with E-state index in [9.17, 15) is 0 Å². The predicted molar refractivity (Wildman–Crippen MR) is 73.4 cm³/mol. The fourth-order valence-corrected chi connectivity index (χ4v) is 1.64. The second-order valence-electron chi connectivity index (χ2n) is 5.57. The average Bonchev–Trinajstić information content (AvgIpc) is 3.14. The maximum absolute atomic E-state index is 5.66. The van der Waals surface area contributed by atoms with Gasteiger partial charge in [0.25, 0.3) is 0 Å². The molecule has 0 heterocycles. The standard InChI is InChI=1S/C14H30N2O/c1-5-12(2)15-10-13(3)16(4)8-9-17-11-14-6-7-14/h12-15H,5-11H2,1-4H3. The molecule has 1 aliphatic carbocycles. The van der Waals surface area contributed by atoms with Gasteiger partial charge in [0.15, 0.2) is 0 Å². The van der Waals surface area contributed by atoms with E-state index in [0.29, 0.717) is 12.1 Å². The summed E-state index contributed by atoms with van der Waals surface area (Å²) in [5, 5.41) is 3.55. The van der Waals surface area contributed by atoms with E-state index in [1.165, 1.54) is 19.3 Å². The van der Waals surface area contributed by atoms with Crippen LogP contribution < -0.4 is 5.32 Å². The van der Waals surface area contributed by atoms with Crippen molar-refractivity contribution in [1.82, 2.24) is 10.2 Å². The summed E-state index contributed by atoms with van der Waals surface area (Å²) < 4.78 is 5.66. The Balaban J connectivity index is 1.97. The minimum absolute atomic E-state index is 0.577. The van der Waals surface area contributed by atoms with Crippen LogP contribution in [0.25, 0.3) is 0 Å². The molecule has 0 radical (unpaired) electrons. The molecule has 0 bridgehead atoms. The number of hydrogen-bond acceptors (Lipinski definition) is 3. The second-order valence-corrected chi connectivity index (χ2v) is 5.57. The van der Waals surface area contributed by atoms with Crippen molar-refractivity contribution >= 4 is 0 Å². The molecule has 102 valence electrons. The number of likely N-dealkylation sites (N-methyl/N-ethyl adjacent to an activating group) is 1. The maximum atomic E-state index is 5.66. The zero-order chi connectivity index (χ0) is 12.7. The van der Waals surface area contributed by atoms with Crippen LogP contribution >= 0.6 is 0 Å². The van der Waals surface area contributed by atoms with Crippen LogP contribution in [-0.4, -0.2) is 50.3 Å². The molecule has 3 heteroatoms. The predicted octanol–water partition coefficient (Wildman–Crippen LogP) is 2.12. The summed E-state index contributed by atoms with van der Waals surface area (Å²) in [7, 11) is 2.18. The van der Waals surface area contributed by atoms with Crippen LogP contribution in [0.2, 0.25) is 0 Å². The Morgan fingerprint density at radius 1 is 1.35 bits per heavy atom. The quantitative estimate of drug-likeness (QED) is 0.594. The fraction of sp³-hybridized carbons (Fsp3) is 1.00. The van der Waals surface area contributed by atoms with Gasteiger partial charge in [-0.15, -0.1) is 0 Å². The molecule has 3 nitrogen and oxygen atoms in total. The van der Waals surface area contributed by atoms with E-state index in [1.54, 1.807) is 0 Å². The first-order valence-corrected chi connectivity index (χ1v) is 7.14. The Bertz CT molecular complexity index is 195. The highest BCUT2D eigenvalue weighted by molar-refractivity contribution is 4.72. The zero-order valence-corrected chi connectivity index (χ0v) is 12.0. The molecule has 1 N–H and O–H groups in total. The molecule has 17 heavy (non-hydrogen) atoms. The summed E-state index contributed by atoms with van der Waals surface area (Å²) in [6.07, 6.45) is 3.96. The van der Waals surface area contributed by atoms with Gasteiger partial charge >= 0.3 is 0 Å². The molecule has 1 saturated carbocycles. The Morgan fingerprint density at radius 3 is 2.65 bits per heavy atom. The lowest BCUT2D eigenvalue weighted by molar-refractivity contribution is 0.0931. The highest BCUT2D eigenvalue weighted by Gasteiger charge is 2.21. The van der Waals surface area contributed by atoms with Crippen molar-refractivity contribution < 1.29 is 4.74 Å². The normalized spacial score (nSPS) is 19.6. The lowest BCUT2D eigenvalue weighted by atomic mass is 10.2. The monoisotopic (exact) mass is 242 g/mol. The Hall–Kier alpha value is -0.120. The van der Waals surface area contributed by atoms with Crippen LogP contribution in [0.4, 0.5) is 0 Å². The molecule has 2 unspecified atom stereocenters. The van der Waals surface area contributed by atoms with Crippen molar-refractivity contribution in [3.63, 3.8) is 0 Å². The number of hydrogen-bond donors (Lipinski definition) is 1. The van der Waals surface area contributed by atoms with E-state index >= 15 is 0 Å². The van der Waals surface area contributed by atoms with Crippen LogP contribution in [0.5, 0.6) is 0 Å². The van der Waals surface area contributed by atoms with Crippen LogP contribution in [-0.2, 0) is 4.74 Å². The first kappa shape index (κ1) is 14.9. The van der Waals surface area contributed by atoms with E-state index in [4.69, 9.17) is 4.74 Å². The Morgan fingerprint density at radius 2 is 2.06 bits per heavy atom. The van der Waals surface area contributed by atoms with Crippen LogP contribution in [0.1, 0.15) is 40.0 Å². The zero-order valence-electron chi connectivity index (χ0n) is 12.0. The first-order valence-electron chi connectivity index (χ1n) is 7.14. The topological polar surface area (TPSA) is 24.5 Å². The molecule has 1 rings (SSSR count). The molecule has 0 saturated heterocycles. The molecule has 0 aromatic rings. The third kappa shape index (κ3) is 7.02. The smallest absolute Gasteiger partial charge is 0.0593 e. The number of rotatable bonds is 10. The number of nitrogens with one attached hydrogen (secondary N) is 1. The SMILES string of the molecule is CCC(C)NCC(C)N(C)CCOCC1CC1. The number of nitrogens with zero attached hydrogens (tertiary/aromatic N) is 1. The van der Waals surface area contributed by atoms with E-state index in [-0.39, 0.29) is 0 Å². The van der Waals surface area contributed by atoms with Crippen LogP contribution in [0, 0.1) is 5.92 Å². The summed E-state index contributed by atoms with van der Waals surface area (Å²) in [5.74, 6) is 0.879. The van der Waals surface area contributed by atoms with Crippen molar-refractivity contribution in [2.45, 2.75) is 52.1 Å². The van der Waals surface area contributed by atoms with Crippen molar-refractivity contribution in [2.75, 3.05) is 33.4 Å². The van der Waals surface area contributed by atoms with Crippen molar-refractivity contribution in [3.8, 4) is 0 Å². The first-order chi connectivity index (χ1) is 8.13. The van der Waals surface area contributed by atoms with E-state index < -0.39 is 0 Å². The van der Waals surface area contributed by atoms with Gasteiger partial charge in [0, 0.05) is 31.8 Å². The van der Waals surface area contributed by atoms with Gasteiger partial charge in [-0.2, -0.15) is 0 Å². The molecular formula is C14H30N2O. The van der Waals surface area contributed by atoms with Crippen LogP contribution in [0.15, 0.2) is 0 Å². The highest BCUT2D eigenvalue weighted by Crippen LogP contribution is 2.28. The molecule has 2 atom stereocenters. The Kier molecular flexibility index (Phi) is 7.09. The van der Waals surface area contributed by atoms with E-state index in [0.717, 1.165) is 32.2 Å². The molecule has 0 aliphatic heterocycles. The van der Waals surface area contributed by atoms with Crippen molar-refractivity contribution in [3.05, 3.63) is 0 Å². The van der Waals surface area contributed by atoms with Gasteiger partial charge < -0.3 is 15.0 Å². The molecular weight excluding hydrogens is 212 g/mol. The third-order valence-corrected chi connectivity index (χ3v) is 3.77. The molecule has 1 aliphatic rings. The van der Waals surface area contributed by atoms with Gasteiger partial charge in [-0.1, -0.05) is 6.92 Å². The molecule has 0 aromatic carbocycles. The largest absolute Gasteiger partial charge is 0.380 e. The number of ether oxygens (including phenoxy) is 1. The molecule has 0 spiro atoms. The minimum atomic E-state index is 0.577. The fourth-order valence-electron chi connectivity index (χ4n) is 1.64. The summed E-state index contributed by atoms with van der Waals surface area (Å²) in [4.78, 5) is 2.38. The van der Waals surface area contributed by atoms with Gasteiger partial charge in [0.1, 0.15) is 0 Å². The second kappa shape index (κ2) is 8.06. The van der Waals surface area contributed by atoms with Gasteiger partial charge in [-0.05, 0) is 46.1 Å². The maximum Gasteiger partial charge on any atom is 0.0593 e. The van der Waals surface area contributed by atoms with Gasteiger partial charge in [-0.25, -0.2) is 0 Å². The van der Waals surface area contributed by atoms with E-state index in [2.05, 4.69) is 38.0 Å². The average molecular weight is 242 g/mol.